The lowest BCUT2D eigenvalue weighted by molar-refractivity contribution is 0.227. The molecule has 0 aromatic carbocycles. The molecule has 2 fully saturated rings. The van der Waals surface area contributed by atoms with Crippen LogP contribution in [0.15, 0.2) is 0 Å². The summed E-state index contributed by atoms with van der Waals surface area (Å²) in [6.07, 6.45) is 4.27. The first-order valence-electron chi connectivity index (χ1n) is 6.00. The van der Waals surface area contributed by atoms with Gasteiger partial charge >= 0.3 is 0 Å². The van der Waals surface area contributed by atoms with E-state index in [4.69, 9.17) is 5.73 Å². The van der Waals surface area contributed by atoms with Crippen LogP contribution in [-0.2, 0) is 0 Å². The van der Waals surface area contributed by atoms with Crippen molar-refractivity contribution in [3.63, 3.8) is 0 Å². The first kappa shape index (κ1) is 10.4. The summed E-state index contributed by atoms with van der Waals surface area (Å²) in [6, 6.07) is 1.17. The normalized spacial score (nSPS) is 38.6. The van der Waals surface area contributed by atoms with Crippen molar-refractivity contribution in [2.45, 2.75) is 52.1 Å². The van der Waals surface area contributed by atoms with E-state index in [-0.39, 0.29) is 0 Å². The lowest BCUT2D eigenvalue weighted by Crippen LogP contribution is -2.39. The SMILES string of the molecule is C[C@@H](N)CN1CC(C)(C)C2CCCC21. The molecule has 2 nitrogen and oxygen atoms in total. The molecule has 0 aromatic heterocycles. The van der Waals surface area contributed by atoms with E-state index in [1.807, 2.05) is 0 Å². The van der Waals surface area contributed by atoms with E-state index in [1.54, 1.807) is 0 Å². The van der Waals surface area contributed by atoms with Gasteiger partial charge in [0.25, 0.3) is 0 Å². The largest absolute Gasteiger partial charge is 0.327 e. The van der Waals surface area contributed by atoms with E-state index in [0.717, 1.165) is 18.5 Å². The molecule has 2 aliphatic rings. The molecule has 1 aliphatic heterocycles. The second kappa shape index (κ2) is 3.49. The van der Waals surface area contributed by atoms with Crippen LogP contribution in [0.5, 0.6) is 0 Å². The van der Waals surface area contributed by atoms with Gasteiger partial charge in [0.05, 0.1) is 0 Å². The van der Waals surface area contributed by atoms with E-state index >= 15 is 0 Å². The topological polar surface area (TPSA) is 29.3 Å². The minimum Gasteiger partial charge on any atom is -0.327 e. The highest BCUT2D eigenvalue weighted by Gasteiger charge is 2.48. The van der Waals surface area contributed by atoms with Gasteiger partial charge in [-0.25, -0.2) is 0 Å². The van der Waals surface area contributed by atoms with Gasteiger partial charge in [-0.1, -0.05) is 20.3 Å². The van der Waals surface area contributed by atoms with E-state index in [1.165, 1.54) is 25.8 Å². The van der Waals surface area contributed by atoms with Gasteiger partial charge in [0.2, 0.25) is 0 Å². The zero-order valence-electron chi connectivity index (χ0n) is 9.79. The minimum atomic E-state index is 0.324. The van der Waals surface area contributed by atoms with Crippen LogP contribution in [0.1, 0.15) is 40.0 Å². The third kappa shape index (κ3) is 1.70. The van der Waals surface area contributed by atoms with Crippen molar-refractivity contribution in [3.8, 4) is 0 Å². The second-order valence-electron chi connectivity index (χ2n) is 6.00. The molecule has 2 rings (SSSR count). The van der Waals surface area contributed by atoms with Crippen LogP contribution < -0.4 is 5.73 Å². The van der Waals surface area contributed by atoms with Crippen molar-refractivity contribution >= 4 is 0 Å². The summed E-state index contributed by atoms with van der Waals surface area (Å²) in [7, 11) is 0. The maximum Gasteiger partial charge on any atom is 0.0139 e. The summed E-state index contributed by atoms with van der Waals surface area (Å²) in [5.74, 6) is 0.932. The number of nitrogens with two attached hydrogens (primary N) is 1. The van der Waals surface area contributed by atoms with E-state index in [2.05, 4.69) is 25.7 Å². The Labute approximate surface area is 87.8 Å². The Balaban J connectivity index is 2.07. The van der Waals surface area contributed by atoms with E-state index in [0.29, 0.717) is 11.5 Å². The average molecular weight is 196 g/mol. The summed E-state index contributed by atoms with van der Waals surface area (Å²) in [6.45, 7) is 9.32. The molecule has 0 bridgehead atoms. The Hall–Kier alpha value is -0.0800. The lowest BCUT2D eigenvalue weighted by atomic mass is 9.80. The van der Waals surface area contributed by atoms with Gasteiger partial charge in [-0.15, -0.1) is 0 Å². The van der Waals surface area contributed by atoms with Gasteiger partial charge in [-0.05, 0) is 31.1 Å². The summed E-state index contributed by atoms with van der Waals surface area (Å²) >= 11 is 0. The van der Waals surface area contributed by atoms with Crippen LogP contribution in [0, 0.1) is 11.3 Å². The Kier molecular flexibility index (Phi) is 2.61. The highest BCUT2D eigenvalue weighted by Crippen LogP contribution is 2.48. The molecule has 1 saturated heterocycles. The third-order valence-corrected chi connectivity index (χ3v) is 4.09. The number of hydrogen-bond acceptors (Lipinski definition) is 2. The van der Waals surface area contributed by atoms with Crippen LogP contribution in [0.25, 0.3) is 0 Å². The fourth-order valence-electron chi connectivity index (χ4n) is 3.62. The Morgan fingerprint density at radius 2 is 2.14 bits per heavy atom. The standard InChI is InChI=1S/C12H24N2/c1-9(13)7-14-8-12(2,3)10-5-4-6-11(10)14/h9-11H,4-8,13H2,1-3H3/t9-,10?,11?/m1/s1. The quantitative estimate of drug-likeness (QED) is 0.730. The Morgan fingerprint density at radius 1 is 1.43 bits per heavy atom. The molecule has 2 heteroatoms. The molecular formula is C12H24N2. The van der Waals surface area contributed by atoms with Crippen molar-refractivity contribution in [3.05, 3.63) is 0 Å². The van der Waals surface area contributed by atoms with Crippen molar-refractivity contribution in [1.82, 2.24) is 4.90 Å². The maximum absolute atomic E-state index is 5.90. The Morgan fingerprint density at radius 3 is 2.79 bits per heavy atom. The minimum absolute atomic E-state index is 0.324. The van der Waals surface area contributed by atoms with Gasteiger partial charge in [-0.2, -0.15) is 0 Å². The summed E-state index contributed by atoms with van der Waals surface area (Å²) in [4.78, 5) is 2.64. The number of rotatable bonds is 2. The lowest BCUT2D eigenvalue weighted by Gasteiger charge is -2.25. The van der Waals surface area contributed by atoms with Crippen LogP contribution in [0.3, 0.4) is 0 Å². The predicted molar refractivity (Wildman–Crippen MR) is 60.1 cm³/mol. The second-order valence-corrected chi connectivity index (χ2v) is 6.00. The molecule has 1 saturated carbocycles. The predicted octanol–water partition coefficient (Wildman–Crippen LogP) is 1.84. The van der Waals surface area contributed by atoms with E-state index in [9.17, 15) is 0 Å². The molecule has 0 aromatic rings. The first-order valence-corrected chi connectivity index (χ1v) is 6.00. The van der Waals surface area contributed by atoms with Crippen molar-refractivity contribution < 1.29 is 0 Å². The number of nitrogens with zero attached hydrogens (tertiary/aromatic N) is 1. The summed E-state index contributed by atoms with van der Waals surface area (Å²) in [5, 5.41) is 0. The van der Waals surface area contributed by atoms with Gasteiger partial charge < -0.3 is 5.73 Å². The molecular weight excluding hydrogens is 172 g/mol. The highest BCUT2D eigenvalue weighted by atomic mass is 15.2. The molecule has 1 aliphatic carbocycles. The molecule has 0 radical (unpaired) electrons. The van der Waals surface area contributed by atoms with Gasteiger partial charge in [0.1, 0.15) is 0 Å². The van der Waals surface area contributed by atoms with Crippen molar-refractivity contribution in [2.24, 2.45) is 17.1 Å². The molecule has 0 amide bonds. The third-order valence-electron chi connectivity index (χ3n) is 4.09. The van der Waals surface area contributed by atoms with Gasteiger partial charge in [0, 0.05) is 25.2 Å². The van der Waals surface area contributed by atoms with E-state index < -0.39 is 0 Å². The number of likely N-dealkylation sites (tertiary alicyclic amines) is 1. The Bertz CT molecular complexity index is 210. The number of fused-ring (bicyclic) bond motifs is 1. The highest BCUT2D eigenvalue weighted by molar-refractivity contribution is 5.01. The number of hydrogen-bond donors (Lipinski definition) is 1. The zero-order valence-corrected chi connectivity index (χ0v) is 9.79. The molecule has 3 atom stereocenters. The van der Waals surface area contributed by atoms with Crippen molar-refractivity contribution in [2.75, 3.05) is 13.1 Å². The van der Waals surface area contributed by atoms with Crippen LogP contribution in [0.2, 0.25) is 0 Å². The van der Waals surface area contributed by atoms with Crippen LogP contribution >= 0.6 is 0 Å². The fraction of sp³-hybridized carbons (Fsp3) is 1.00. The van der Waals surface area contributed by atoms with Gasteiger partial charge in [-0.3, -0.25) is 4.90 Å². The van der Waals surface area contributed by atoms with Gasteiger partial charge in [0.15, 0.2) is 0 Å². The fourth-order valence-corrected chi connectivity index (χ4v) is 3.62. The summed E-state index contributed by atoms with van der Waals surface area (Å²) < 4.78 is 0. The summed E-state index contributed by atoms with van der Waals surface area (Å²) in [5.41, 5.74) is 6.43. The molecule has 1 heterocycles. The zero-order chi connectivity index (χ0) is 10.3. The van der Waals surface area contributed by atoms with Crippen molar-refractivity contribution in [1.29, 1.82) is 0 Å². The molecule has 2 N–H and O–H groups in total. The molecule has 14 heavy (non-hydrogen) atoms. The molecule has 82 valence electrons. The first-order chi connectivity index (χ1) is 6.50. The monoisotopic (exact) mass is 196 g/mol. The van der Waals surface area contributed by atoms with Crippen LogP contribution in [0.4, 0.5) is 0 Å². The smallest absolute Gasteiger partial charge is 0.0139 e. The van der Waals surface area contributed by atoms with Crippen LogP contribution in [-0.4, -0.2) is 30.1 Å². The maximum atomic E-state index is 5.90. The molecule has 0 spiro atoms. The average Bonchev–Trinajstić information content (AvgIpc) is 2.55. The molecule has 2 unspecified atom stereocenters.